The van der Waals surface area contributed by atoms with Crippen LogP contribution in [0.25, 0.3) is 10.2 Å². The summed E-state index contributed by atoms with van der Waals surface area (Å²) in [6.07, 6.45) is 0. The van der Waals surface area contributed by atoms with Crippen LogP contribution in [-0.2, 0) is 0 Å². The monoisotopic (exact) mass is 304 g/mol. The van der Waals surface area contributed by atoms with Crippen molar-refractivity contribution in [3.8, 4) is 0 Å². The Bertz CT molecular complexity index is 752. The fraction of sp³-hybridized carbons (Fsp3) is 0.133. The summed E-state index contributed by atoms with van der Waals surface area (Å²) >= 11 is 7.80. The summed E-state index contributed by atoms with van der Waals surface area (Å²) in [6, 6.07) is 7.65. The fourth-order valence-electron chi connectivity index (χ4n) is 2.23. The molecule has 0 aliphatic heterocycles. The number of hydrogen-bond acceptors (Lipinski definition) is 2. The van der Waals surface area contributed by atoms with Crippen molar-refractivity contribution in [1.82, 2.24) is 4.98 Å². The largest absolute Gasteiger partial charge is 0.350 e. The van der Waals surface area contributed by atoms with Crippen molar-refractivity contribution in [3.05, 3.63) is 51.5 Å². The standard InChI is InChI=1S/C15H13ClN2OS/c1-8-5-9(2)14(10(16)6-8)18-15(19)12-7-13-11(17-12)3-4-20-13/h3-7,17H,1-2H3,(H,18,19). The van der Waals surface area contributed by atoms with Crippen molar-refractivity contribution in [3.63, 3.8) is 0 Å². The van der Waals surface area contributed by atoms with Gasteiger partial charge in [0.2, 0.25) is 0 Å². The molecule has 2 aromatic heterocycles. The molecular weight excluding hydrogens is 292 g/mol. The number of rotatable bonds is 2. The molecule has 0 bridgehead atoms. The lowest BCUT2D eigenvalue weighted by Gasteiger charge is -2.10. The van der Waals surface area contributed by atoms with Crippen LogP contribution in [-0.4, -0.2) is 10.9 Å². The number of benzene rings is 1. The van der Waals surface area contributed by atoms with Crippen LogP contribution in [0.4, 0.5) is 5.69 Å². The molecule has 3 rings (SSSR count). The third-order valence-corrected chi connectivity index (χ3v) is 4.32. The highest BCUT2D eigenvalue weighted by Crippen LogP contribution is 2.28. The van der Waals surface area contributed by atoms with Crippen LogP contribution < -0.4 is 5.32 Å². The van der Waals surface area contributed by atoms with Crippen LogP contribution in [0.5, 0.6) is 0 Å². The molecule has 0 fully saturated rings. The number of hydrogen-bond donors (Lipinski definition) is 2. The van der Waals surface area contributed by atoms with E-state index in [0.717, 1.165) is 21.3 Å². The molecule has 20 heavy (non-hydrogen) atoms. The Morgan fingerprint density at radius 1 is 1.30 bits per heavy atom. The van der Waals surface area contributed by atoms with E-state index in [9.17, 15) is 4.79 Å². The summed E-state index contributed by atoms with van der Waals surface area (Å²) in [5, 5.41) is 5.42. The van der Waals surface area contributed by atoms with Gasteiger partial charge in [0.05, 0.1) is 20.9 Å². The molecule has 3 aromatic rings. The van der Waals surface area contributed by atoms with Crippen LogP contribution in [0.3, 0.4) is 0 Å². The van der Waals surface area contributed by atoms with Crippen molar-refractivity contribution in [2.45, 2.75) is 13.8 Å². The molecule has 0 radical (unpaired) electrons. The van der Waals surface area contributed by atoms with E-state index in [1.54, 1.807) is 11.3 Å². The molecule has 0 saturated carbocycles. The first-order chi connectivity index (χ1) is 9.54. The molecule has 0 aliphatic rings. The highest BCUT2D eigenvalue weighted by atomic mass is 35.5. The fourth-order valence-corrected chi connectivity index (χ4v) is 3.38. The molecule has 2 N–H and O–H groups in total. The highest BCUT2D eigenvalue weighted by molar-refractivity contribution is 7.17. The van der Waals surface area contributed by atoms with Crippen LogP contribution in [0.2, 0.25) is 5.02 Å². The van der Waals surface area contributed by atoms with Crippen molar-refractivity contribution >= 4 is 44.7 Å². The predicted octanol–water partition coefficient (Wildman–Crippen LogP) is 4.75. The van der Waals surface area contributed by atoms with E-state index in [0.29, 0.717) is 16.4 Å². The zero-order valence-electron chi connectivity index (χ0n) is 11.1. The molecule has 0 aliphatic carbocycles. The maximum Gasteiger partial charge on any atom is 0.272 e. The number of thiophene rings is 1. The van der Waals surface area contributed by atoms with Gasteiger partial charge in [-0.15, -0.1) is 11.3 Å². The normalized spacial score (nSPS) is 10.9. The average molecular weight is 305 g/mol. The lowest BCUT2D eigenvalue weighted by atomic mass is 10.1. The van der Waals surface area contributed by atoms with E-state index in [4.69, 9.17) is 11.6 Å². The minimum atomic E-state index is -0.178. The van der Waals surface area contributed by atoms with E-state index in [1.165, 1.54) is 0 Å². The van der Waals surface area contributed by atoms with Crippen LogP contribution in [0.15, 0.2) is 29.6 Å². The third kappa shape index (κ3) is 2.32. The lowest BCUT2D eigenvalue weighted by molar-refractivity contribution is 0.102. The number of aryl methyl sites for hydroxylation is 2. The molecule has 0 unspecified atom stereocenters. The van der Waals surface area contributed by atoms with E-state index in [1.807, 2.05) is 43.5 Å². The molecule has 0 atom stereocenters. The van der Waals surface area contributed by atoms with Crippen molar-refractivity contribution in [2.75, 3.05) is 5.32 Å². The summed E-state index contributed by atoms with van der Waals surface area (Å²) in [5.41, 5.74) is 4.22. The average Bonchev–Trinajstić information content (AvgIpc) is 2.93. The lowest BCUT2D eigenvalue weighted by Crippen LogP contribution is -2.13. The first-order valence-electron chi connectivity index (χ1n) is 6.19. The number of fused-ring (bicyclic) bond motifs is 1. The van der Waals surface area contributed by atoms with Gasteiger partial charge < -0.3 is 10.3 Å². The number of carbonyl (C=O) groups is 1. The third-order valence-electron chi connectivity index (χ3n) is 3.15. The Morgan fingerprint density at radius 2 is 2.10 bits per heavy atom. The van der Waals surface area contributed by atoms with Gasteiger partial charge in [-0.25, -0.2) is 0 Å². The first kappa shape index (κ1) is 13.2. The number of amides is 1. The second-order valence-electron chi connectivity index (χ2n) is 4.77. The maximum absolute atomic E-state index is 12.3. The van der Waals surface area contributed by atoms with Gasteiger partial charge in [-0.1, -0.05) is 17.7 Å². The minimum Gasteiger partial charge on any atom is -0.350 e. The molecule has 0 spiro atoms. The molecule has 3 nitrogen and oxygen atoms in total. The number of nitrogens with one attached hydrogen (secondary N) is 2. The second-order valence-corrected chi connectivity index (χ2v) is 6.13. The van der Waals surface area contributed by atoms with Gasteiger partial charge in [-0.05, 0) is 48.6 Å². The van der Waals surface area contributed by atoms with Gasteiger partial charge in [-0.3, -0.25) is 4.79 Å². The SMILES string of the molecule is Cc1cc(C)c(NC(=O)c2cc3sccc3[nH]2)c(Cl)c1. The topological polar surface area (TPSA) is 44.9 Å². The highest BCUT2D eigenvalue weighted by Gasteiger charge is 2.13. The second kappa shape index (κ2) is 4.96. The van der Waals surface area contributed by atoms with Gasteiger partial charge in [0.1, 0.15) is 5.69 Å². The molecule has 1 aromatic carbocycles. The molecule has 102 valence electrons. The van der Waals surface area contributed by atoms with E-state index < -0.39 is 0 Å². The Morgan fingerprint density at radius 3 is 2.80 bits per heavy atom. The van der Waals surface area contributed by atoms with Gasteiger partial charge >= 0.3 is 0 Å². The van der Waals surface area contributed by atoms with E-state index >= 15 is 0 Å². The number of aromatic amines is 1. The minimum absolute atomic E-state index is 0.178. The molecular formula is C15H13ClN2OS. The van der Waals surface area contributed by atoms with Crippen molar-refractivity contribution < 1.29 is 4.79 Å². The zero-order chi connectivity index (χ0) is 14.3. The number of H-pyrrole nitrogens is 1. The number of halogens is 1. The Labute approximate surface area is 125 Å². The molecule has 5 heteroatoms. The van der Waals surface area contributed by atoms with Crippen LogP contribution in [0, 0.1) is 13.8 Å². The molecule has 0 saturated heterocycles. The van der Waals surface area contributed by atoms with Crippen molar-refractivity contribution in [2.24, 2.45) is 0 Å². The van der Waals surface area contributed by atoms with Gasteiger partial charge in [0.25, 0.3) is 5.91 Å². The smallest absolute Gasteiger partial charge is 0.272 e. The quantitative estimate of drug-likeness (QED) is 0.705. The number of anilines is 1. The van der Waals surface area contributed by atoms with E-state index in [-0.39, 0.29) is 5.91 Å². The Kier molecular flexibility index (Phi) is 3.28. The summed E-state index contributed by atoms with van der Waals surface area (Å²) in [7, 11) is 0. The first-order valence-corrected chi connectivity index (χ1v) is 7.44. The van der Waals surface area contributed by atoms with Crippen molar-refractivity contribution in [1.29, 1.82) is 0 Å². The molecule has 2 heterocycles. The Balaban J connectivity index is 1.91. The van der Waals surface area contributed by atoms with Crippen LogP contribution in [0.1, 0.15) is 21.6 Å². The van der Waals surface area contributed by atoms with Gasteiger partial charge in [-0.2, -0.15) is 0 Å². The van der Waals surface area contributed by atoms with E-state index in [2.05, 4.69) is 10.3 Å². The summed E-state index contributed by atoms with van der Waals surface area (Å²) < 4.78 is 1.07. The molecule has 1 amide bonds. The predicted molar refractivity (Wildman–Crippen MR) is 85.1 cm³/mol. The Hall–Kier alpha value is -1.78. The maximum atomic E-state index is 12.3. The summed E-state index contributed by atoms with van der Waals surface area (Å²) in [6.45, 7) is 3.91. The zero-order valence-corrected chi connectivity index (χ0v) is 12.7. The number of aromatic nitrogens is 1. The van der Waals surface area contributed by atoms with Gasteiger partial charge in [0.15, 0.2) is 0 Å². The van der Waals surface area contributed by atoms with Gasteiger partial charge in [0, 0.05) is 0 Å². The van der Waals surface area contributed by atoms with Crippen LogP contribution >= 0.6 is 22.9 Å². The summed E-state index contributed by atoms with van der Waals surface area (Å²) in [4.78, 5) is 15.4. The summed E-state index contributed by atoms with van der Waals surface area (Å²) in [5.74, 6) is -0.178. The number of carbonyl (C=O) groups excluding carboxylic acids is 1.